The molecular formula is C16H14ClN3O2S. The van der Waals surface area contributed by atoms with Crippen molar-refractivity contribution in [3.8, 4) is 0 Å². The third-order valence-electron chi connectivity index (χ3n) is 3.44. The zero-order valence-corrected chi connectivity index (χ0v) is 13.8. The highest BCUT2D eigenvalue weighted by molar-refractivity contribution is 7.80. The van der Waals surface area contributed by atoms with E-state index in [0.717, 1.165) is 0 Å². The van der Waals surface area contributed by atoms with Crippen LogP contribution in [0.2, 0.25) is 5.02 Å². The Morgan fingerprint density at radius 3 is 2.70 bits per heavy atom. The number of furan rings is 1. The molecule has 1 aliphatic rings. The van der Waals surface area contributed by atoms with Crippen molar-refractivity contribution < 1.29 is 9.21 Å². The molecule has 0 bridgehead atoms. The van der Waals surface area contributed by atoms with Crippen LogP contribution in [0.4, 0.5) is 5.69 Å². The second-order valence-corrected chi connectivity index (χ2v) is 5.89. The van der Waals surface area contributed by atoms with E-state index in [9.17, 15) is 4.79 Å². The molecule has 0 unspecified atom stereocenters. The number of nitrogens with one attached hydrogen (secondary N) is 3. The topological polar surface area (TPSA) is 66.3 Å². The van der Waals surface area contributed by atoms with Gasteiger partial charge in [-0.05, 0) is 55.5 Å². The van der Waals surface area contributed by atoms with E-state index >= 15 is 0 Å². The van der Waals surface area contributed by atoms with Gasteiger partial charge in [-0.1, -0.05) is 11.6 Å². The third kappa shape index (κ3) is 3.38. The predicted molar refractivity (Wildman–Crippen MR) is 93.1 cm³/mol. The number of carbonyl (C=O) groups is 1. The van der Waals surface area contributed by atoms with Crippen LogP contribution in [-0.4, -0.2) is 11.0 Å². The van der Waals surface area contributed by atoms with Crippen LogP contribution in [0.3, 0.4) is 0 Å². The fourth-order valence-corrected chi connectivity index (χ4v) is 2.79. The van der Waals surface area contributed by atoms with Crippen molar-refractivity contribution in [3.63, 3.8) is 0 Å². The van der Waals surface area contributed by atoms with Crippen LogP contribution in [-0.2, 0) is 4.79 Å². The van der Waals surface area contributed by atoms with Gasteiger partial charge in [-0.3, -0.25) is 4.79 Å². The Hall–Kier alpha value is -2.31. The molecule has 0 spiro atoms. The average Bonchev–Trinajstić information content (AvgIpc) is 3.03. The molecule has 1 aromatic heterocycles. The van der Waals surface area contributed by atoms with Crippen molar-refractivity contribution in [3.05, 3.63) is 64.7 Å². The highest BCUT2D eigenvalue weighted by Gasteiger charge is 2.31. The van der Waals surface area contributed by atoms with E-state index in [2.05, 4.69) is 16.0 Å². The van der Waals surface area contributed by atoms with E-state index in [1.165, 1.54) is 0 Å². The summed E-state index contributed by atoms with van der Waals surface area (Å²) in [6, 6.07) is 10.1. The molecule has 1 amide bonds. The lowest BCUT2D eigenvalue weighted by atomic mass is 10.00. The number of rotatable bonds is 3. The monoisotopic (exact) mass is 347 g/mol. The second kappa shape index (κ2) is 6.44. The summed E-state index contributed by atoms with van der Waals surface area (Å²) >= 11 is 11.0. The fourth-order valence-electron chi connectivity index (χ4n) is 2.40. The van der Waals surface area contributed by atoms with Crippen LogP contribution >= 0.6 is 23.8 Å². The fraction of sp³-hybridized carbons (Fsp3) is 0.125. The normalized spacial score (nSPS) is 17.5. The predicted octanol–water partition coefficient (Wildman–Crippen LogP) is 3.36. The molecule has 1 aromatic carbocycles. The maximum Gasteiger partial charge on any atom is 0.255 e. The first-order chi connectivity index (χ1) is 11.0. The van der Waals surface area contributed by atoms with Crippen LogP contribution in [0, 0.1) is 0 Å². The van der Waals surface area contributed by atoms with Crippen LogP contribution in [0.5, 0.6) is 0 Å². The molecule has 2 heterocycles. The van der Waals surface area contributed by atoms with Crippen LogP contribution in [0.15, 0.2) is 58.3 Å². The summed E-state index contributed by atoms with van der Waals surface area (Å²) in [5, 5.41) is 9.95. The minimum Gasteiger partial charge on any atom is -0.467 e. The minimum absolute atomic E-state index is 0.242. The van der Waals surface area contributed by atoms with Crippen molar-refractivity contribution in [2.24, 2.45) is 0 Å². The molecule has 118 valence electrons. The molecule has 5 nitrogen and oxygen atoms in total. The first-order valence-corrected chi connectivity index (χ1v) is 7.72. The molecular weight excluding hydrogens is 334 g/mol. The van der Waals surface area contributed by atoms with E-state index in [-0.39, 0.29) is 5.91 Å². The van der Waals surface area contributed by atoms with Gasteiger partial charge >= 0.3 is 0 Å². The second-order valence-electron chi connectivity index (χ2n) is 5.05. The number of hydrogen-bond acceptors (Lipinski definition) is 3. The summed E-state index contributed by atoms with van der Waals surface area (Å²) in [5.74, 6) is 0.378. The van der Waals surface area contributed by atoms with Crippen LogP contribution < -0.4 is 16.0 Å². The van der Waals surface area contributed by atoms with Crippen LogP contribution in [0.1, 0.15) is 18.7 Å². The molecule has 0 aliphatic carbocycles. The van der Waals surface area contributed by atoms with Gasteiger partial charge in [0.25, 0.3) is 5.91 Å². The average molecular weight is 348 g/mol. The Morgan fingerprint density at radius 1 is 1.30 bits per heavy atom. The van der Waals surface area contributed by atoms with Gasteiger partial charge in [0.2, 0.25) is 0 Å². The van der Waals surface area contributed by atoms with Crippen molar-refractivity contribution in [1.29, 1.82) is 0 Å². The molecule has 3 rings (SSSR count). The summed E-state index contributed by atoms with van der Waals surface area (Å²) in [6.45, 7) is 1.81. The number of amides is 1. The molecule has 0 saturated heterocycles. The molecule has 1 aliphatic heterocycles. The molecule has 0 fully saturated rings. The SMILES string of the molecule is CC1=C(C(=O)Nc2ccc(Cl)cc2)[C@@H](c2ccco2)NC(=S)N1. The van der Waals surface area contributed by atoms with E-state index < -0.39 is 6.04 Å². The Morgan fingerprint density at radius 2 is 2.04 bits per heavy atom. The molecule has 3 N–H and O–H groups in total. The van der Waals surface area contributed by atoms with Gasteiger partial charge in [-0.25, -0.2) is 0 Å². The third-order valence-corrected chi connectivity index (χ3v) is 3.92. The summed E-state index contributed by atoms with van der Waals surface area (Å²) < 4.78 is 5.43. The number of halogens is 1. The van der Waals surface area contributed by atoms with Gasteiger partial charge in [0.15, 0.2) is 5.11 Å². The van der Waals surface area contributed by atoms with Gasteiger partial charge in [0.1, 0.15) is 11.8 Å². The molecule has 7 heteroatoms. The lowest BCUT2D eigenvalue weighted by molar-refractivity contribution is -0.113. The Bertz CT molecular complexity index is 769. The lowest BCUT2D eigenvalue weighted by Gasteiger charge is -2.28. The molecule has 23 heavy (non-hydrogen) atoms. The highest BCUT2D eigenvalue weighted by Crippen LogP contribution is 2.28. The zero-order chi connectivity index (χ0) is 16.4. The quantitative estimate of drug-likeness (QED) is 0.743. The molecule has 2 aromatic rings. The number of allylic oxidation sites excluding steroid dienone is 1. The van der Waals surface area contributed by atoms with E-state index in [1.54, 1.807) is 49.6 Å². The van der Waals surface area contributed by atoms with Gasteiger partial charge in [-0.15, -0.1) is 0 Å². The van der Waals surface area contributed by atoms with Crippen molar-refractivity contribution in [1.82, 2.24) is 10.6 Å². The van der Waals surface area contributed by atoms with E-state index in [0.29, 0.717) is 32.9 Å². The number of hydrogen-bond donors (Lipinski definition) is 3. The summed E-state index contributed by atoms with van der Waals surface area (Å²) in [6.07, 6.45) is 1.56. The minimum atomic E-state index is -0.439. The Balaban J connectivity index is 1.90. The number of thiocarbonyl (C=S) groups is 1. The van der Waals surface area contributed by atoms with Crippen LogP contribution in [0.25, 0.3) is 0 Å². The van der Waals surface area contributed by atoms with Gasteiger partial charge in [0, 0.05) is 16.4 Å². The Kier molecular flexibility index (Phi) is 4.36. The first kappa shape index (κ1) is 15.6. The van der Waals surface area contributed by atoms with Gasteiger partial charge in [-0.2, -0.15) is 0 Å². The zero-order valence-electron chi connectivity index (χ0n) is 12.2. The maximum absolute atomic E-state index is 12.7. The Labute approximate surface area is 143 Å². The van der Waals surface area contributed by atoms with E-state index in [1.807, 2.05) is 0 Å². The maximum atomic E-state index is 12.7. The molecule has 0 saturated carbocycles. The summed E-state index contributed by atoms with van der Waals surface area (Å²) in [4.78, 5) is 12.7. The number of carbonyl (C=O) groups excluding carboxylic acids is 1. The van der Waals surface area contributed by atoms with Gasteiger partial charge in [0.05, 0.1) is 11.8 Å². The number of benzene rings is 1. The lowest BCUT2D eigenvalue weighted by Crippen LogP contribution is -2.45. The standard InChI is InChI=1S/C16H14ClN3O2S/c1-9-13(15(21)19-11-6-4-10(17)5-7-11)14(20-16(23)18-9)12-3-2-8-22-12/h2-8,14H,1H3,(H,19,21)(H2,18,20,23)/t14-/m1/s1. The van der Waals surface area contributed by atoms with Crippen molar-refractivity contribution in [2.45, 2.75) is 13.0 Å². The summed E-state index contributed by atoms with van der Waals surface area (Å²) in [5.41, 5.74) is 1.86. The van der Waals surface area contributed by atoms with Crippen molar-refractivity contribution in [2.75, 3.05) is 5.32 Å². The van der Waals surface area contributed by atoms with Gasteiger partial charge < -0.3 is 20.4 Å². The summed E-state index contributed by atoms with van der Waals surface area (Å²) in [7, 11) is 0. The number of anilines is 1. The van der Waals surface area contributed by atoms with E-state index in [4.69, 9.17) is 28.2 Å². The molecule has 0 radical (unpaired) electrons. The smallest absolute Gasteiger partial charge is 0.255 e. The largest absolute Gasteiger partial charge is 0.467 e. The molecule has 1 atom stereocenters. The van der Waals surface area contributed by atoms with Crippen molar-refractivity contribution >= 4 is 40.5 Å². The first-order valence-electron chi connectivity index (χ1n) is 6.93. The highest BCUT2D eigenvalue weighted by atomic mass is 35.5.